The molecule has 0 bridgehead atoms. The Bertz CT molecular complexity index is 233. The molecule has 0 aliphatic heterocycles. The van der Waals surface area contributed by atoms with Crippen molar-refractivity contribution in [2.75, 3.05) is 0 Å². The Morgan fingerprint density at radius 2 is 2.15 bits per heavy atom. The first kappa shape index (κ1) is 10.7. The van der Waals surface area contributed by atoms with Crippen LogP contribution in [0.5, 0.6) is 0 Å². The van der Waals surface area contributed by atoms with E-state index in [9.17, 15) is 0 Å². The first-order valence-corrected chi connectivity index (χ1v) is 5.77. The molecule has 2 nitrogen and oxygen atoms in total. The Morgan fingerprint density at radius 1 is 1.46 bits per heavy atom. The van der Waals surface area contributed by atoms with Gasteiger partial charge in [0.15, 0.2) is 0 Å². The molecule has 3 heteroatoms. The molecule has 0 saturated heterocycles. The number of aromatic nitrogens is 1. The Balaban J connectivity index is 2.74. The van der Waals surface area contributed by atoms with Crippen LogP contribution in [-0.4, -0.2) is 4.98 Å². The second-order valence-electron chi connectivity index (χ2n) is 3.43. The fourth-order valence-corrected chi connectivity index (χ4v) is 2.11. The highest BCUT2D eigenvalue weighted by Crippen LogP contribution is 2.24. The molecule has 0 spiro atoms. The molecule has 1 aromatic rings. The minimum Gasteiger partial charge on any atom is -0.322 e. The summed E-state index contributed by atoms with van der Waals surface area (Å²) in [4.78, 5) is 4.55. The lowest BCUT2D eigenvalue weighted by Gasteiger charge is -2.05. The van der Waals surface area contributed by atoms with Crippen molar-refractivity contribution < 1.29 is 0 Å². The van der Waals surface area contributed by atoms with E-state index in [1.807, 2.05) is 0 Å². The summed E-state index contributed by atoms with van der Waals surface area (Å²) in [6.07, 6.45) is 2.11. The monoisotopic (exact) mass is 198 g/mol. The van der Waals surface area contributed by atoms with Crippen LogP contribution in [-0.2, 0) is 0 Å². The van der Waals surface area contributed by atoms with Crippen molar-refractivity contribution in [2.45, 2.75) is 45.6 Å². The van der Waals surface area contributed by atoms with Gasteiger partial charge in [-0.15, -0.1) is 11.3 Å². The molecule has 0 radical (unpaired) electrons. The predicted octanol–water partition coefficient (Wildman–Crippen LogP) is 3.07. The highest BCUT2D eigenvalue weighted by molar-refractivity contribution is 7.09. The summed E-state index contributed by atoms with van der Waals surface area (Å²) in [6, 6.07) is 0.128. The molecule has 1 heterocycles. The van der Waals surface area contributed by atoms with Crippen LogP contribution >= 0.6 is 11.3 Å². The third-order valence-electron chi connectivity index (χ3n) is 2.41. The molecule has 0 aromatic carbocycles. The molecule has 2 unspecified atom stereocenters. The molecule has 1 aromatic heterocycles. The Kier molecular flexibility index (Phi) is 3.88. The van der Waals surface area contributed by atoms with Gasteiger partial charge in [-0.1, -0.05) is 20.8 Å². The zero-order chi connectivity index (χ0) is 9.84. The second kappa shape index (κ2) is 4.72. The highest BCUT2D eigenvalue weighted by atomic mass is 32.1. The zero-order valence-corrected chi connectivity index (χ0v) is 9.40. The van der Waals surface area contributed by atoms with Gasteiger partial charge in [0.2, 0.25) is 0 Å². The summed E-state index contributed by atoms with van der Waals surface area (Å²) in [5.41, 5.74) is 7.10. The van der Waals surface area contributed by atoms with Crippen LogP contribution in [0.15, 0.2) is 5.38 Å². The van der Waals surface area contributed by atoms with Gasteiger partial charge in [0.25, 0.3) is 0 Å². The van der Waals surface area contributed by atoms with Crippen molar-refractivity contribution in [3.05, 3.63) is 16.1 Å². The maximum absolute atomic E-state index is 5.90. The van der Waals surface area contributed by atoms with Crippen LogP contribution in [0, 0.1) is 0 Å². The minimum atomic E-state index is 0.128. The molecule has 13 heavy (non-hydrogen) atoms. The van der Waals surface area contributed by atoms with Crippen molar-refractivity contribution in [1.29, 1.82) is 0 Å². The third-order valence-corrected chi connectivity index (χ3v) is 3.41. The molecule has 0 aliphatic rings. The van der Waals surface area contributed by atoms with Gasteiger partial charge in [-0.25, -0.2) is 4.98 Å². The van der Waals surface area contributed by atoms with Gasteiger partial charge in [0.05, 0.1) is 11.7 Å². The quantitative estimate of drug-likeness (QED) is 0.807. The summed E-state index contributed by atoms with van der Waals surface area (Å²) in [7, 11) is 0. The Morgan fingerprint density at radius 3 is 2.69 bits per heavy atom. The molecule has 2 N–H and O–H groups in total. The van der Waals surface area contributed by atoms with Crippen LogP contribution in [0.25, 0.3) is 0 Å². The lowest BCUT2D eigenvalue weighted by molar-refractivity contribution is 0.668. The molecule has 0 aliphatic carbocycles. The van der Waals surface area contributed by atoms with E-state index in [0.29, 0.717) is 5.92 Å². The smallest absolute Gasteiger partial charge is 0.110 e. The summed E-state index contributed by atoms with van der Waals surface area (Å²) in [6.45, 7) is 6.48. The maximum atomic E-state index is 5.90. The number of rotatable bonds is 4. The lowest BCUT2D eigenvalue weighted by Crippen LogP contribution is -2.08. The van der Waals surface area contributed by atoms with Gasteiger partial charge in [-0.3, -0.25) is 0 Å². The van der Waals surface area contributed by atoms with Gasteiger partial charge < -0.3 is 5.73 Å². The van der Waals surface area contributed by atoms with E-state index < -0.39 is 0 Å². The van der Waals surface area contributed by atoms with Gasteiger partial charge in [0.1, 0.15) is 5.01 Å². The molecule has 0 saturated carbocycles. The molecule has 1 rings (SSSR count). The van der Waals surface area contributed by atoms with Crippen molar-refractivity contribution in [3.63, 3.8) is 0 Å². The van der Waals surface area contributed by atoms with E-state index in [2.05, 4.69) is 31.1 Å². The molecule has 2 atom stereocenters. The summed E-state index contributed by atoms with van der Waals surface area (Å²) < 4.78 is 0. The summed E-state index contributed by atoms with van der Waals surface area (Å²) in [5, 5.41) is 3.22. The third kappa shape index (κ3) is 2.51. The number of hydrogen-bond acceptors (Lipinski definition) is 3. The van der Waals surface area contributed by atoms with Crippen LogP contribution in [0.3, 0.4) is 0 Å². The van der Waals surface area contributed by atoms with Crippen molar-refractivity contribution >= 4 is 11.3 Å². The average Bonchev–Trinajstić information content (AvgIpc) is 2.64. The van der Waals surface area contributed by atoms with Crippen LogP contribution in [0.2, 0.25) is 0 Å². The van der Waals surface area contributed by atoms with Crippen LogP contribution in [0.4, 0.5) is 0 Å². The maximum Gasteiger partial charge on any atom is 0.110 e. The SMILES string of the molecule is CCC(C)c1csc(C(N)CC)n1. The van der Waals surface area contributed by atoms with E-state index in [-0.39, 0.29) is 6.04 Å². The second-order valence-corrected chi connectivity index (χ2v) is 4.32. The van der Waals surface area contributed by atoms with E-state index in [4.69, 9.17) is 5.73 Å². The lowest BCUT2D eigenvalue weighted by atomic mass is 10.1. The van der Waals surface area contributed by atoms with Gasteiger partial charge in [0, 0.05) is 5.38 Å². The minimum absolute atomic E-state index is 0.128. The fraction of sp³-hybridized carbons (Fsp3) is 0.700. The number of hydrogen-bond donors (Lipinski definition) is 1. The normalized spacial score (nSPS) is 15.7. The van der Waals surface area contributed by atoms with Gasteiger partial charge >= 0.3 is 0 Å². The average molecular weight is 198 g/mol. The largest absolute Gasteiger partial charge is 0.322 e. The number of thiazole rings is 1. The number of nitrogens with two attached hydrogens (primary N) is 1. The van der Waals surface area contributed by atoms with Crippen LogP contribution in [0.1, 0.15) is 56.3 Å². The summed E-state index contributed by atoms with van der Waals surface area (Å²) >= 11 is 1.69. The van der Waals surface area contributed by atoms with Crippen molar-refractivity contribution in [1.82, 2.24) is 4.98 Å². The van der Waals surface area contributed by atoms with Crippen LogP contribution < -0.4 is 5.73 Å². The van der Waals surface area contributed by atoms with Crippen molar-refractivity contribution in [2.24, 2.45) is 5.73 Å². The molecule has 74 valence electrons. The van der Waals surface area contributed by atoms with Gasteiger partial charge in [-0.05, 0) is 18.8 Å². The van der Waals surface area contributed by atoms with E-state index >= 15 is 0 Å². The van der Waals surface area contributed by atoms with E-state index in [1.54, 1.807) is 11.3 Å². The Hall–Kier alpha value is -0.410. The zero-order valence-electron chi connectivity index (χ0n) is 8.58. The van der Waals surface area contributed by atoms with E-state index in [0.717, 1.165) is 17.8 Å². The first-order chi connectivity index (χ1) is 6.19. The van der Waals surface area contributed by atoms with Gasteiger partial charge in [-0.2, -0.15) is 0 Å². The topological polar surface area (TPSA) is 38.9 Å². The predicted molar refractivity (Wildman–Crippen MR) is 58.0 cm³/mol. The fourth-order valence-electron chi connectivity index (χ4n) is 1.08. The molecular weight excluding hydrogens is 180 g/mol. The standard InChI is InChI=1S/C10H18N2S/c1-4-7(3)9-6-13-10(12-9)8(11)5-2/h6-8H,4-5,11H2,1-3H3. The van der Waals surface area contributed by atoms with Crippen molar-refractivity contribution in [3.8, 4) is 0 Å². The Labute approximate surface area is 84.2 Å². The number of nitrogens with zero attached hydrogens (tertiary/aromatic N) is 1. The summed E-state index contributed by atoms with van der Waals surface area (Å²) in [5.74, 6) is 0.564. The van der Waals surface area contributed by atoms with E-state index in [1.165, 1.54) is 5.69 Å². The highest BCUT2D eigenvalue weighted by Gasteiger charge is 2.11. The molecule has 0 amide bonds. The molecular formula is C10H18N2S. The molecule has 0 fully saturated rings. The first-order valence-electron chi connectivity index (χ1n) is 4.89.